The maximum absolute atomic E-state index is 12.4. The third-order valence-corrected chi connectivity index (χ3v) is 3.38. The lowest BCUT2D eigenvalue weighted by Gasteiger charge is -2.21. The summed E-state index contributed by atoms with van der Waals surface area (Å²) in [5.41, 5.74) is 1.57. The van der Waals surface area contributed by atoms with Crippen molar-refractivity contribution in [3.8, 4) is 6.07 Å². The molecule has 1 aliphatic carbocycles. The molecule has 0 aromatic heterocycles. The summed E-state index contributed by atoms with van der Waals surface area (Å²) in [6.07, 6.45) is 2.42. The van der Waals surface area contributed by atoms with E-state index in [9.17, 15) is 4.79 Å². The van der Waals surface area contributed by atoms with Crippen molar-refractivity contribution in [3.05, 3.63) is 34.3 Å². The normalized spacial score (nSPS) is 14.1. The van der Waals surface area contributed by atoms with E-state index in [0.29, 0.717) is 29.6 Å². The van der Waals surface area contributed by atoms with Gasteiger partial charge in [0.2, 0.25) is 0 Å². The fourth-order valence-corrected chi connectivity index (χ4v) is 2.27. The average Bonchev–Trinajstić information content (AvgIpc) is 3.13. The van der Waals surface area contributed by atoms with E-state index in [2.05, 4.69) is 6.07 Å². The molecule has 0 saturated heterocycles. The van der Waals surface area contributed by atoms with Crippen LogP contribution in [0.25, 0.3) is 0 Å². The summed E-state index contributed by atoms with van der Waals surface area (Å²) in [6.45, 7) is 2.43. The summed E-state index contributed by atoms with van der Waals surface area (Å²) in [5, 5.41) is 9.14. The van der Waals surface area contributed by atoms with Crippen LogP contribution in [0.4, 0.5) is 0 Å². The van der Waals surface area contributed by atoms with Crippen LogP contribution in [-0.2, 0) is 0 Å². The standard InChI is InChI=1S/C14H15ClN2O/c1-10-3-6-12(13(15)9-10)14(18)17(8-2-7-16)11-4-5-11/h3,6,9,11H,2,4-5,8H2,1H3. The van der Waals surface area contributed by atoms with Crippen molar-refractivity contribution in [2.24, 2.45) is 0 Å². The Balaban J connectivity index is 2.19. The van der Waals surface area contributed by atoms with Gasteiger partial charge in [0.25, 0.3) is 5.91 Å². The number of rotatable bonds is 4. The predicted molar refractivity (Wildman–Crippen MR) is 70.5 cm³/mol. The molecule has 3 nitrogen and oxygen atoms in total. The van der Waals surface area contributed by atoms with Crippen LogP contribution in [0, 0.1) is 18.3 Å². The topological polar surface area (TPSA) is 44.1 Å². The smallest absolute Gasteiger partial charge is 0.255 e. The number of hydrogen-bond acceptors (Lipinski definition) is 2. The number of amides is 1. The van der Waals surface area contributed by atoms with Crippen LogP contribution in [0.3, 0.4) is 0 Å². The van der Waals surface area contributed by atoms with E-state index in [0.717, 1.165) is 18.4 Å². The molecular formula is C14H15ClN2O. The van der Waals surface area contributed by atoms with Crippen molar-refractivity contribution in [1.29, 1.82) is 5.26 Å². The number of benzene rings is 1. The lowest BCUT2D eigenvalue weighted by atomic mass is 10.1. The predicted octanol–water partition coefficient (Wildman–Crippen LogP) is 3.17. The maximum atomic E-state index is 12.4. The molecule has 94 valence electrons. The van der Waals surface area contributed by atoms with Gasteiger partial charge in [0.05, 0.1) is 23.1 Å². The molecule has 1 aromatic rings. The highest BCUT2D eigenvalue weighted by molar-refractivity contribution is 6.33. The highest BCUT2D eigenvalue weighted by Crippen LogP contribution is 2.30. The maximum Gasteiger partial charge on any atom is 0.255 e. The van der Waals surface area contributed by atoms with E-state index < -0.39 is 0 Å². The number of carbonyl (C=O) groups is 1. The summed E-state index contributed by atoms with van der Waals surface area (Å²) in [7, 11) is 0. The zero-order valence-corrected chi connectivity index (χ0v) is 11.1. The van der Waals surface area contributed by atoms with Gasteiger partial charge in [-0.1, -0.05) is 17.7 Å². The largest absolute Gasteiger partial charge is 0.335 e. The molecule has 0 unspecified atom stereocenters. The zero-order valence-electron chi connectivity index (χ0n) is 10.3. The van der Waals surface area contributed by atoms with Gasteiger partial charge >= 0.3 is 0 Å². The molecule has 0 spiro atoms. The Hall–Kier alpha value is -1.53. The first-order chi connectivity index (χ1) is 8.63. The van der Waals surface area contributed by atoms with Crippen LogP contribution in [-0.4, -0.2) is 23.4 Å². The Bertz CT molecular complexity index is 503. The van der Waals surface area contributed by atoms with E-state index >= 15 is 0 Å². The van der Waals surface area contributed by atoms with E-state index in [1.165, 1.54) is 0 Å². The van der Waals surface area contributed by atoms with Gasteiger partial charge in [0.1, 0.15) is 0 Å². The van der Waals surface area contributed by atoms with Crippen molar-refractivity contribution in [2.75, 3.05) is 6.54 Å². The van der Waals surface area contributed by atoms with Crippen molar-refractivity contribution in [1.82, 2.24) is 4.90 Å². The van der Waals surface area contributed by atoms with Crippen LogP contribution in [0.2, 0.25) is 5.02 Å². The second-order valence-electron chi connectivity index (χ2n) is 4.62. The van der Waals surface area contributed by atoms with E-state index in [-0.39, 0.29) is 5.91 Å². The zero-order chi connectivity index (χ0) is 13.1. The first-order valence-electron chi connectivity index (χ1n) is 6.07. The molecule has 0 aliphatic heterocycles. The summed E-state index contributed by atoms with van der Waals surface area (Å²) in [4.78, 5) is 14.2. The molecule has 18 heavy (non-hydrogen) atoms. The highest BCUT2D eigenvalue weighted by Gasteiger charge is 2.33. The molecule has 0 heterocycles. The minimum Gasteiger partial charge on any atom is -0.335 e. The van der Waals surface area contributed by atoms with Crippen LogP contribution in [0.1, 0.15) is 35.2 Å². The minimum atomic E-state index is -0.0576. The summed E-state index contributed by atoms with van der Waals surface area (Å²) < 4.78 is 0. The quantitative estimate of drug-likeness (QED) is 0.837. The van der Waals surface area contributed by atoms with Crippen LogP contribution < -0.4 is 0 Å². The number of hydrogen-bond donors (Lipinski definition) is 0. The summed E-state index contributed by atoms with van der Waals surface area (Å²) in [5.74, 6) is -0.0576. The van der Waals surface area contributed by atoms with Gasteiger partial charge in [-0.3, -0.25) is 4.79 Å². The Labute approximate surface area is 112 Å². The Morgan fingerprint density at radius 3 is 2.83 bits per heavy atom. The number of nitrogens with zero attached hydrogens (tertiary/aromatic N) is 2. The van der Waals surface area contributed by atoms with E-state index in [1.54, 1.807) is 17.0 Å². The number of halogens is 1. The molecule has 1 amide bonds. The second kappa shape index (κ2) is 5.41. The molecule has 0 N–H and O–H groups in total. The van der Waals surface area contributed by atoms with E-state index in [4.69, 9.17) is 16.9 Å². The fourth-order valence-electron chi connectivity index (χ4n) is 1.95. The van der Waals surface area contributed by atoms with Gasteiger partial charge < -0.3 is 4.90 Å². The van der Waals surface area contributed by atoms with Crippen LogP contribution in [0.5, 0.6) is 0 Å². The summed E-state index contributed by atoms with van der Waals surface area (Å²) >= 11 is 6.12. The van der Waals surface area contributed by atoms with Crippen molar-refractivity contribution < 1.29 is 4.79 Å². The van der Waals surface area contributed by atoms with Gasteiger partial charge in [-0.15, -0.1) is 0 Å². The first-order valence-corrected chi connectivity index (χ1v) is 6.45. The van der Waals surface area contributed by atoms with Gasteiger partial charge in [-0.25, -0.2) is 0 Å². The molecule has 4 heteroatoms. The lowest BCUT2D eigenvalue weighted by Crippen LogP contribution is -2.34. The Kier molecular flexibility index (Phi) is 3.88. The van der Waals surface area contributed by atoms with Crippen molar-refractivity contribution in [2.45, 2.75) is 32.2 Å². The second-order valence-corrected chi connectivity index (χ2v) is 5.03. The van der Waals surface area contributed by atoms with Crippen LogP contribution in [0.15, 0.2) is 18.2 Å². The molecule has 0 radical (unpaired) electrons. The van der Waals surface area contributed by atoms with Gasteiger partial charge in [0, 0.05) is 12.6 Å². The molecule has 1 aromatic carbocycles. The van der Waals surface area contributed by atoms with E-state index in [1.807, 2.05) is 13.0 Å². The highest BCUT2D eigenvalue weighted by atomic mass is 35.5. The third kappa shape index (κ3) is 2.83. The molecule has 1 fully saturated rings. The average molecular weight is 263 g/mol. The van der Waals surface area contributed by atoms with Crippen molar-refractivity contribution >= 4 is 17.5 Å². The molecule has 1 saturated carbocycles. The molecular weight excluding hydrogens is 248 g/mol. The molecule has 0 atom stereocenters. The number of aryl methyl sites for hydroxylation is 1. The molecule has 0 bridgehead atoms. The molecule has 2 rings (SSSR count). The first kappa shape index (κ1) is 12.9. The fraction of sp³-hybridized carbons (Fsp3) is 0.429. The lowest BCUT2D eigenvalue weighted by molar-refractivity contribution is 0.0747. The van der Waals surface area contributed by atoms with Crippen molar-refractivity contribution in [3.63, 3.8) is 0 Å². The van der Waals surface area contributed by atoms with Gasteiger partial charge in [0.15, 0.2) is 0 Å². The third-order valence-electron chi connectivity index (χ3n) is 3.07. The Morgan fingerprint density at radius 1 is 1.56 bits per heavy atom. The minimum absolute atomic E-state index is 0.0576. The number of nitriles is 1. The Morgan fingerprint density at radius 2 is 2.28 bits per heavy atom. The monoisotopic (exact) mass is 262 g/mol. The SMILES string of the molecule is Cc1ccc(C(=O)N(CCC#N)C2CC2)c(Cl)c1. The van der Waals surface area contributed by atoms with Gasteiger partial charge in [-0.05, 0) is 37.5 Å². The summed E-state index contributed by atoms with van der Waals surface area (Å²) in [6, 6.07) is 7.82. The van der Waals surface area contributed by atoms with Gasteiger partial charge in [-0.2, -0.15) is 5.26 Å². The van der Waals surface area contributed by atoms with Crippen LogP contribution >= 0.6 is 11.6 Å². The number of carbonyl (C=O) groups excluding carboxylic acids is 1. The molecule has 1 aliphatic rings.